The van der Waals surface area contributed by atoms with Crippen LogP contribution >= 0.6 is 34.8 Å². The number of halogens is 3. The molecule has 1 nitrogen and oxygen atoms in total. The predicted molar refractivity (Wildman–Crippen MR) is 82.7 cm³/mol. The van der Waals surface area contributed by atoms with Crippen molar-refractivity contribution in [3.63, 3.8) is 0 Å². The van der Waals surface area contributed by atoms with E-state index in [2.05, 4.69) is 12.2 Å². The van der Waals surface area contributed by atoms with Crippen molar-refractivity contribution in [1.82, 2.24) is 0 Å². The molecule has 3 rings (SSSR count). The van der Waals surface area contributed by atoms with Crippen LogP contribution in [0.3, 0.4) is 0 Å². The highest BCUT2D eigenvalue weighted by Gasteiger charge is 2.25. The Balaban J connectivity index is 1.97. The van der Waals surface area contributed by atoms with Crippen molar-refractivity contribution >= 4 is 40.5 Å². The Kier molecular flexibility index (Phi) is 3.38. The summed E-state index contributed by atoms with van der Waals surface area (Å²) in [7, 11) is 0. The van der Waals surface area contributed by atoms with Gasteiger partial charge in [-0.3, -0.25) is 0 Å². The number of hydrogen-bond acceptors (Lipinski definition) is 1. The van der Waals surface area contributed by atoms with Gasteiger partial charge in [-0.05, 0) is 54.3 Å². The largest absolute Gasteiger partial charge is 0.377 e. The van der Waals surface area contributed by atoms with Gasteiger partial charge in [0.25, 0.3) is 0 Å². The van der Waals surface area contributed by atoms with Crippen molar-refractivity contribution in [2.75, 3.05) is 5.32 Å². The molecule has 1 heterocycles. The van der Waals surface area contributed by atoms with Crippen LogP contribution in [0.1, 0.15) is 22.7 Å². The average Bonchev–Trinajstić information content (AvgIpc) is 2.72. The summed E-state index contributed by atoms with van der Waals surface area (Å²) in [5, 5.41) is 5.65. The first kappa shape index (κ1) is 13.1. The van der Waals surface area contributed by atoms with Crippen LogP contribution in [0.2, 0.25) is 15.1 Å². The first-order valence-corrected chi connectivity index (χ1v) is 7.18. The lowest BCUT2D eigenvalue weighted by Crippen LogP contribution is -2.06. The van der Waals surface area contributed by atoms with Crippen LogP contribution in [0.25, 0.3) is 0 Å². The Morgan fingerprint density at radius 2 is 1.84 bits per heavy atom. The maximum atomic E-state index is 6.27. The van der Waals surface area contributed by atoms with E-state index < -0.39 is 0 Å². The zero-order chi connectivity index (χ0) is 13.6. The summed E-state index contributed by atoms with van der Waals surface area (Å²) >= 11 is 18.3. The Morgan fingerprint density at radius 3 is 2.58 bits per heavy atom. The van der Waals surface area contributed by atoms with Crippen molar-refractivity contribution in [3.8, 4) is 0 Å². The molecule has 98 valence electrons. The quantitative estimate of drug-likeness (QED) is 0.716. The van der Waals surface area contributed by atoms with Gasteiger partial charge < -0.3 is 5.32 Å². The summed E-state index contributed by atoms with van der Waals surface area (Å²) in [4.78, 5) is 0. The topological polar surface area (TPSA) is 12.0 Å². The molecule has 0 bridgehead atoms. The lowest BCUT2D eigenvalue weighted by atomic mass is 10.0. The van der Waals surface area contributed by atoms with Gasteiger partial charge in [-0.15, -0.1) is 0 Å². The molecule has 0 aromatic heterocycles. The van der Waals surface area contributed by atoms with Gasteiger partial charge in [0.1, 0.15) is 0 Å². The minimum atomic E-state index is 0.178. The van der Waals surface area contributed by atoms with Crippen molar-refractivity contribution < 1.29 is 0 Å². The van der Waals surface area contributed by atoms with E-state index in [0.29, 0.717) is 10.0 Å². The molecule has 0 radical (unpaired) electrons. The summed E-state index contributed by atoms with van der Waals surface area (Å²) in [5.74, 6) is 0. The zero-order valence-corrected chi connectivity index (χ0v) is 12.6. The fraction of sp³-hybridized carbons (Fsp3) is 0.200. The number of nitrogens with one attached hydrogen (secondary N) is 1. The van der Waals surface area contributed by atoms with Crippen molar-refractivity contribution in [2.24, 2.45) is 0 Å². The Hall–Kier alpha value is -0.890. The molecule has 2 aromatic carbocycles. The number of hydrogen-bond donors (Lipinski definition) is 1. The van der Waals surface area contributed by atoms with Crippen LogP contribution in [-0.4, -0.2) is 0 Å². The molecule has 2 aromatic rings. The molecular formula is C15H12Cl3N. The third kappa shape index (κ3) is 2.43. The van der Waals surface area contributed by atoms with Crippen LogP contribution in [0.4, 0.5) is 5.69 Å². The normalized spacial score (nSPS) is 17.2. The highest BCUT2D eigenvalue weighted by Crippen LogP contribution is 2.40. The third-order valence-electron chi connectivity index (χ3n) is 3.46. The third-order valence-corrected chi connectivity index (χ3v) is 4.24. The summed E-state index contributed by atoms with van der Waals surface area (Å²) in [6.45, 7) is 2.06. The molecule has 0 saturated carbocycles. The molecule has 19 heavy (non-hydrogen) atoms. The van der Waals surface area contributed by atoms with E-state index >= 15 is 0 Å². The Labute approximate surface area is 127 Å². The number of fused-ring (bicyclic) bond motifs is 1. The molecule has 0 spiro atoms. The number of rotatable bonds is 1. The van der Waals surface area contributed by atoms with E-state index in [9.17, 15) is 0 Å². The smallest absolute Gasteiger partial charge is 0.0569 e. The number of benzene rings is 2. The lowest BCUT2D eigenvalue weighted by Gasteiger charge is -2.14. The van der Waals surface area contributed by atoms with Crippen LogP contribution in [0, 0.1) is 6.92 Å². The molecule has 1 N–H and O–H groups in total. The molecule has 1 atom stereocenters. The van der Waals surface area contributed by atoms with E-state index in [-0.39, 0.29) is 6.04 Å². The zero-order valence-electron chi connectivity index (χ0n) is 10.3. The highest BCUT2D eigenvalue weighted by molar-refractivity contribution is 6.35. The van der Waals surface area contributed by atoms with Gasteiger partial charge in [-0.1, -0.05) is 40.9 Å². The van der Waals surface area contributed by atoms with Crippen LogP contribution in [0.5, 0.6) is 0 Å². The monoisotopic (exact) mass is 311 g/mol. The number of anilines is 1. The lowest BCUT2D eigenvalue weighted by molar-refractivity contribution is 0.824. The molecule has 0 aliphatic carbocycles. The molecule has 1 aliphatic rings. The van der Waals surface area contributed by atoms with Crippen molar-refractivity contribution in [2.45, 2.75) is 19.4 Å². The maximum Gasteiger partial charge on any atom is 0.0569 e. The second-order valence-corrected chi connectivity index (χ2v) is 6.10. The molecule has 1 unspecified atom stereocenters. The van der Waals surface area contributed by atoms with Crippen molar-refractivity contribution in [3.05, 3.63) is 62.1 Å². The summed E-state index contributed by atoms with van der Waals surface area (Å²) in [5.41, 5.74) is 4.63. The van der Waals surface area contributed by atoms with Crippen molar-refractivity contribution in [1.29, 1.82) is 0 Å². The number of aryl methyl sites for hydroxylation is 1. The van der Waals surface area contributed by atoms with Gasteiger partial charge in [-0.25, -0.2) is 0 Å². The van der Waals surface area contributed by atoms with Gasteiger partial charge in [0.15, 0.2) is 0 Å². The van der Waals surface area contributed by atoms with Crippen LogP contribution in [0.15, 0.2) is 30.3 Å². The SMILES string of the molecule is Cc1cc(Cl)cc2c1NC(c1ccc(Cl)cc1Cl)C2. The minimum absolute atomic E-state index is 0.178. The average molecular weight is 313 g/mol. The van der Waals surface area contributed by atoms with Gasteiger partial charge in [0.05, 0.1) is 6.04 Å². The summed E-state index contributed by atoms with van der Waals surface area (Å²) in [6, 6.07) is 9.79. The maximum absolute atomic E-state index is 6.27. The van der Waals surface area contributed by atoms with E-state index in [1.807, 2.05) is 24.3 Å². The van der Waals surface area contributed by atoms with Gasteiger partial charge in [0.2, 0.25) is 0 Å². The van der Waals surface area contributed by atoms with E-state index in [4.69, 9.17) is 34.8 Å². The predicted octanol–water partition coefficient (Wildman–Crippen LogP) is 5.66. The Bertz CT molecular complexity index is 652. The molecular weight excluding hydrogens is 301 g/mol. The molecule has 0 saturated heterocycles. The van der Waals surface area contributed by atoms with Gasteiger partial charge >= 0.3 is 0 Å². The molecule has 4 heteroatoms. The van der Waals surface area contributed by atoms with E-state index in [0.717, 1.165) is 22.6 Å². The first-order valence-electron chi connectivity index (χ1n) is 6.05. The van der Waals surface area contributed by atoms with Crippen LogP contribution in [-0.2, 0) is 6.42 Å². The van der Waals surface area contributed by atoms with Gasteiger partial charge in [-0.2, -0.15) is 0 Å². The minimum Gasteiger partial charge on any atom is -0.377 e. The van der Waals surface area contributed by atoms with Gasteiger partial charge in [0, 0.05) is 20.8 Å². The molecule has 0 fully saturated rings. The fourth-order valence-electron chi connectivity index (χ4n) is 2.60. The van der Waals surface area contributed by atoms with E-state index in [1.54, 1.807) is 6.07 Å². The molecule has 1 aliphatic heterocycles. The van der Waals surface area contributed by atoms with Crippen LogP contribution < -0.4 is 5.32 Å². The fourth-order valence-corrected chi connectivity index (χ4v) is 3.43. The summed E-state index contributed by atoms with van der Waals surface area (Å²) in [6.07, 6.45) is 0.887. The molecule has 0 amide bonds. The second kappa shape index (κ2) is 4.90. The second-order valence-electron chi connectivity index (χ2n) is 4.82. The Morgan fingerprint density at radius 1 is 1.05 bits per heavy atom. The summed E-state index contributed by atoms with van der Waals surface area (Å²) < 4.78 is 0. The highest BCUT2D eigenvalue weighted by atomic mass is 35.5. The standard InChI is InChI=1S/C15H12Cl3N/c1-8-4-11(17)5-9-6-14(19-15(8)9)12-3-2-10(16)7-13(12)18/h2-5,7,14,19H,6H2,1H3. The van der Waals surface area contributed by atoms with E-state index in [1.165, 1.54) is 11.3 Å². The first-order chi connectivity index (χ1) is 9.04.